The number of nitrogens with zero attached hydrogens (tertiary/aromatic N) is 2. The summed E-state index contributed by atoms with van der Waals surface area (Å²) >= 11 is 0. The topological polar surface area (TPSA) is 78.1 Å². The first kappa shape index (κ1) is 16.5. The summed E-state index contributed by atoms with van der Waals surface area (Å²) < 4.78 is 26.2. The van der Waals surface area contributed by atoms with E-state index in [-0.39, 0.29) is 5.25 Å². The zero-order valence-electron chi connectivity index (χ0n) is 13.0. The number of piperidine rings is 1. The Balaban J connectivity index is 1.95. The minimum atomic E-state index is -3.14. The third-order valence-electron chi connectivity index (χ3n) is 4.29. The van der Waals surface area contributed by atoms with Crippen molar-refractivity contribution in [3.05, 3.63) is 18.2 Å². The summed E-state index contributed by atoms with van der Waals surface area (Å²) in [5.41, 5.74) is 1.06. The average Bonchev–Trinajstić information content (AvgIpc) is 2.97. The normalized spacial score (nSPS) is 24.6. The standard InChI is InChI=1S/C14H26N4O2S/c1-4-12-9-18(21(19,20)11(2)3)6-5-14(12)16-8-13-7-15-10-17-13/h7,10-12,14,16H,4-6,8-9H2,1-3H3,(H,15,17)/t12-,14-/m0/s1. The van der Waals surface area contributed by atoms with E-state index in [1.54, 1.807) is 24.5 Å². The van der Waals surface area contributed by atoms with E-state index in [0.29, 0.717) is 25.0 Å². The highest BCUT2D eigenvalue weighted by molar-refractivity contribution is 7.89. The van der Waals surface area contributed by atoms with Crippen molar-refractivity contribution >= 4 is 10.0 Å². The van der Waals surface area contributed by atoms with Crippen molar-refractivity contribution in [1.29, 1.82) is 0 Å². The summed E-state index contributed by atoms with van der Waals surface area (Å²) in [5, 5.41) is 3.19. The predicted octanol–water partition coefficient (Wildman–Crippen LogP) is 1.34. The van der Waals surface area contributed by atoms with Crippen molar-refractivity contribution in [3.8, 4) is 0 Å². The van der Waals surface area contributed by atoms with Gasteiger partial charge in [0.2, 0.25) is 10.0 Å². The van der Waals surface area contributed by atoms with Crippen molar-refractivity contribution in [3.63, 3.8) is 0 Å². The van der Waals surface area contributed by atoms with Crippen LogP contribution in [0.15, 0.2) is 12.5 Å². The van der Waals surface area contributed by atoms with Gasteiger partial charge in [-0.25, -0.2) is 17.7 Å². The molecule has 2 atom stereocenters. The van der Waals surface area contributed by atoms with Crippen molar-refractivity contribution in [2.24, 2.45) is 5.92 Å². The predicted molar refractivity (Wildman–Crippen MR) is 83.2 cm³/mol. The molecule has 0 saturated carbocycles. The van der Waals surface area contributed by atoms with Gasteiger partial charge in [0.05, 0.1) is 11.6 Å². The van der Waals surface area contributed by atoms with Gasteiger partial charge in [0.1, 0.15) is 0 Å². The largest absolute Gasteiger partial charge is 0.347 e. The van der Waals surface area contributed by atoms with Gasteiger partial charge in [-0.15, -0.1) is 0 Å². The van der Waals surface area contributed by atoms with Gasteiger partial charge < -0.3 is 10.3 Å². The van der Waals surface area contributed by atoms with E-state index in [0.717, 1.165) is 25.1 Å². The molecule has 1 saturated heterocycles. The first-order valence-corrected chi connectivity index (χ1v) is 9.15. The van der Waals surface area contributed by atoms with Gasteiger partial charge in [-0.2, -0.15) is 0 Å². The lowest BCUT2D eigenvalue weighted by molar-refractivity contribution is 0.200. The molecule has 21 heavy (non-hydrogen) atoms. The second kappa shape index (κ2) is 6.89. The third kappa shape index (κ3) is 3.84. The molecule has 1 aliphatic rings. The minimum Gasteiger partial charge on any atom is -0.347 e. The molecule has 2 rings (SSSR count). The highest BCUT2D eigenvalue weighted by Crippen LogP contribution is 2.24. The Labute approximate surface area is 127 Å². The quantitative estimate of drug-likeness (QED) is 0.830. The molecule has 6 nitrogen and oxygen atoms in total. The Kier molecular flexibility index (Phi) is 5.40. The van der Waals surface area contributed by atoms with Crippen LogP contribution < -0.4 is 5.32 Å². The highest BCUT2D eigenvalue weighted by Gasteiger charge is 2.34. The fraction of sp³-hybridized carbons (Fsp3) is 0.786. The second-order valence-corrected chi connectivity index (χ2v) is 8.46. The minimum absolute atomic E-state index is 0.343. The number of aromatic amines is 1. The summed E-state index contributed by atoms with van der Waals surface area (Å²) in [6, 6.07) is 0.358. The number of rotatable bonds is 6. The monoisotopic (exact) mass is 314 g/mol. The molecule has 1 aromatic heterocycles. The van der Waals surface area contributed by atoms with E-state index in [4.69, 9.17) is 0 Å². The zero-order valence-corrected chi connectivity index (χ0v) is 13.9. The van der Waals surface area contributed by atoms with E-state index >= 15 is 0 Å². The lowest BCUT2D eigenvalue weighted by atomic mass is 9.91. The van der Waals surface area contributed by atoms with Crippen LogP contribution in [0.4, 0.5) is 0 Å². The van der Waals surface area contributed by atoms with Gasteiger partial charge in [-0.05, 0) is 26.2 Å². The highest BCUT2D eigenvalue weighted by atomic mass is 32.2. The number of aromatic nitrogens is 2. The Hall–Kier alpha value is -0.920. The molecule has 0 aromatic carbocycles. The smallest absolute Gasteiger partial charge is 0.216 e. The fourth-order valence-electron chi connectivity index (χ4n) is 2.83. The molecule has 1 aliphatic heterocycles. The van der Waals surface area contributed by atoms with Crippen molar-refractivity contribution in [1.82, 2.24) is 19.6 Å². The molecule has 2 N–H and O–H groups in total. The molecular formula is C14H26N4O2S. The second-order valence-electron chi connectivity index (χ2n) is 5.97. The summed E-state index contributed by atoms with van der Waals surface area (Å²) in [7, 11) is -3.14. The number of nitrogens with one attached hydrogen (secondary N) is 2. The van der Waals surface area contributed by atoms with Crippen LogP contribution in [0.3, 0.4) is 0 Å². The molecule has 0 bridgehead atoms. The fourth-order valence-corrected chi connectivity index (χ4v) is 4.19. The van der Waals surface area contributed by atoms with E-state index < -0.39 is 10.0 Å². The Morgan fingerprint density at radius 1 is 1.52 bits per heavy atom. The van der Waals surface area contributed by atoms with Gasteiger partial charge >= 0.3 is 0 Å². The maximum absolute atomic E-state index is 12.3. The number of hydrogen-bond acceptors (Lipinski definition) is 4. The molecule has 0 aliphatic carbocycles. The third-order valence-corrected chi connectivity index (χ3v) is 6.53. The molecule has 0 spiro atoms. The van der Waals surface area contributed by atoms with Crippen LogP contribution in [0.5, 0.6) is 0 Å². The maximum Gasteiger partial charge on any atom is 0.216 e. The van der Waals surface area contributed by atoms with Gasteiger partial charge in [0.25, 0.3) is 0 Å². The lowest BCUT2D eigenvalue weighted by Gasteiger charge is -2.38. The lowest BCUT2D eigenvalue weighted by Crippen LogP contribution is -2.52. The number of sulfonamides is 1. The van der Waals surface area contributed by atoms with E-state index in [2.05, 4.69) is 22.2 Å². The van der Waals surface area contributed by atoms with Crippen LogP contribution in [0, 0.1) is 5.92 Å². The van der Waals surface area contributed by atoms with Crippen LogP contribution in [0.25, 0.3) is 0 Å². The zero-order chi connectivity index (χ0) is 15.5. The molecule has 0 unspecified atom stereocenters. The molecular weight excluding hydrogens is 288 g/mol. The Morgan fingerprint density at radius 3 is 2.86 bits per heavy atom. The van der Waals surface area contributed by atoms with Crippen LogP contribution in [-0.2, 0) is 16.6 Å². The summed E-state index contributed by atoms with van der Waals surface area (Å²) in [6.45, 7) is 7.60. The van der Waals surface area contributed by atoms with Gasteiger partial charge in [-0.3, -0.25) is 0 Å². The van der Waals surface area contributed by atoms with Crippen molar-refractivity contribution in [2.45, 2.75) is 51.4 Å². The maximum atomic E-state index is 12.3. The van der Waals surface area contributed by atoms with Gasteiger partial charge in [0.15, 0.2) is 0 Å². The number of imidazole rings is 1. The molecule has 120 valence electrons. The summed E-state index contributed by atoms with van der Waals surface area (Å²) in [4.78, 5) is 7.08. The van der Waals surface area contributed by atoms with Crippen molar-refractivity contribution < 1.29 is 8.42 Å². The van der Waals surface area contributed by atoms with Crippen LogP contribution >= 0.6 is 0 Å². The summed E-state index contributed by atoms with van der Waals surface area (Å²) in [5.74, 6) is 0.357. The number of hydrogen-bond donors (Lipinski definition) is 2. The Bertz CT molecular complexity index is 527. The molecule has 1 aromatic rings. The van der Waals surface area contributed by atoms with Crippen LogP contribution in [0.1, 0.15) is 39.3 Å². The van der Waals surface area contributed by atoms with Crippen molar-refractivity contribution in [2.75, 3.05) is 13.1 Å². The molecule has 1 fully saturated rings. The van der Waals surface area contributed by atoms with Gasteiger partial charge in [0, 0.05) is 37.6 Å². The first-order chi connectivity index (χ1) is 9.95. The van der Waals surface area contributed by atoms with Crippen LogP contribution in [0.2, 0.25) is 0 Å². The molecule has 7 heteroatoms. The summed E-state index contributed by atoms with van der Waals surface area (Å²) in [6.07, 6.45) is 5.32. The van der Waals surface area contributed by atoms with E-state index in [1.807, 2.05) is 6.20 Å². The van der Waals surface area contributed by atoms with E-state index in [1.165, 1.54) is 0 Å². The molecule has 0 radical (unpaired) electrons. The number of H-pyrrole nitrogens is 1. The average molecular weight is 314 g/mol. The van der Waals surface area contributed by atoms with E-state index in [9.17, 15) is 8.42 Å². The van der Waals surface area contributed by atoms with Crippen LogP contribution in [-0.4, -0.2) is 47.1 Å². The molecule has 2 heterocycles. The molecule has 0 amide bonds. The SMILES string of the molecule is CC[C@H]1CN(S(=O)(=O)C(C)C)CC[C@@H]1NCc1cnc[nH]1. The first-order valence-electron chi connectivity index (χ1n) is 7.64. The van der Waals surface area contributed by atoms with Gasteiger partial charge in [-0.1, -0.05) is 13.3 Å². The Morgan fingerprint density at radius 2 is 2.29 bits per heavy atom.